The molecule has 2 N–H and O–H groups in total. The molecule has 1 saturated carbocycles. The normalized spacial score (nSPS) is 25.6. The molecule has 0 aromatic carbocycles. The van der Waals surface area contributed by atoms with Crippen LogP contribution in [0.2, 0.25) is 0 Å². The number of aliphatic hydroxyl groups excluding tert-OH is 1. The van der Waals surface area contributed by atoms with E-state index >= 15 is 0 Å². The van der Waals surface area contributed by atoms with Gasteiger partial charge in [-0.1, -0.05) is 0 Å². The van der Waals surface area contributed by atoms with Crippen molar-refractivity contribution in [3.8, 4) is 0 Å². The van der Waals surface area contributed by atoms with Crippen molar-refractivity contribution >= 4 is 0 Å². The lowest BCUT2D eigenvalue weighted by molar-refractivity contribution is -0.0383. The van der Waals surface area contributed by atoms with E-state index in [1.807, 2.05) is 13.1 Å². The SMILES string of the molecule is CCOC1CC(CC(O)c2[nH]cc(C)c2C)C1. The molecule has 3 heteroatoms. The number of rotatable bonds is 5. The van der Waals surface area contributed by atoms with Crippen LogP contribution in [0.3, 0.4) is 0 Å². The Kier molecular flexibility index (Phi) is 3.89. The molecule has 1 atom stereocenters. The number of ether oxygens (including phenoxy) is 1. The highest BCUT2D eigenvalue weighted by molar-refractivity contribution is 5.29. The smallest absolute Gasteiger partial charge is 0.0943 e. The summed E-state index contributed by atoms with van der Waals surface area (Å²) in [7, 11) is 0. The van der Waals surface area contributed by atoms with Crippen molar-refractivity contribution < 1.29 is 9.84 Å². The molecule has 0 bridgehead atoms. The van der Waals surface area contributed by atoms with Crippen LogP contribution in [0.25, 0.3) is 0 Å². The van der Waals surface area contributed by atoms with Crippen LogP contribution >= 0.6 is 0 Å². The van der Waals surface area contributed by atoms with Gasteiger partial charge in [-0.05, 0) is 57.1 Å². The number of H-pyrrole nitrogens is 1. The summed E-state index contributed by atoms with van der Waals surface area (Å²) in [6.45, 7) is 6.97. The Bertz CT molecular complexity index is 366. The van der Waals surface area contributed by atoms with Gasteiger partial charge in [-0.25, -0.2) is 0 Å². The zero-order valence-electron chi connectivity index (χ0n) is 11.0. The van der Waals surface area contributed by atoms with Gasteiger partial charge < -0.3 is 14.8 Å². The van der Waals surface area contributed by atoms with E-state index in [0.717, 1.165) is 31.6 Å². The van der Waals surface area contributed by atoms with Crippen molar-refractivity contribution in [3.63, 3.8) is 0 Å². The fraction of sp³-hybridized carbons (Fsp3) is 0.714. The van der Waals surface area contributed by atoms with Crippen molar-refractivity contribution in [2.45, 2.75) is 52.2 Å². The summed E-state index contributed by atoms with van der Waals surface area (Å²) in [6, 6.07) is 0. The standard InChI is InChI=1S/C14H23NO2/c1-4-17-12-5-11(6-12)7-13(16)14-10(3)9(2)8-15-14/h8,11-13,15-16H,4-7H2,1-3H3. The molecule has 0 radical (unpaired) electrons. The van der Waals surface area contributed by atoms with Gasteiger partial charge in [0.05, 0.1) is 12.2 Å². The first-order valence-electron chi connectivity index (χ1n) is 6.56. The van der Waals surface area contributed by atoms with Gasteiger partial charge in [-0.2, -0.15) is 0 Å². The van der Waals surface area contributed by atoms with E-state index < -0.39 is 0 Å². The highest BCUT2D eigenvalue weighted by Gasteiger charge is 2.31. The summed E-state index contributed by atoms with van der Waals surface area (Å²) in [5, 5.41) is 10.2. The molecule has 1 aliphatic rings. The lowest BCUT2D eigenvalue weighted by atomic mass is 9.78. The minimum Gasteiger partial charge on any atom is -0.387 e. The Morgan fingerprint density at radius 3 is 2.71 bits per heavy atom. The second kappa shape index (κ2) is 5.23. The largest absolute Gasteiger partial charge is 0.387 e. The first-order valence-corrected chi connectivity index (χ1v) is 6.56. The monoisotopic (exact) mass is 237 g/mol. The first kappa shape index (κ1) is 12.7. The number of aliphatic hydroxyl groups is 1. The average Bonchev–Trinajstić information content (AvgIpc) is 2.57. The van der Waals surface area contributed by atoms with Crippen LogP contribution in [0.4, 0.5) is 0 Å². The van der Waals surface area contributed by atoms with Gasteiger partial charge in [-0.3, -0.25) is 0 Å². The van der Waals surface area contributed by atoms with Gasteiger partial charge >= 0.3 is 0 Å². The zero-order chi connectivity index (χ0) is 12.4. The second-order valence-corrected chi connectivity index (χ2v) is 5.18. The molecule has 1 unspecified atom stereocenters. The van der Waals surface area contributed by atoms with E-state index in [2.05, 4.69) is 18.8 Å². The maximum atomic E-state index is 10.2. The van der Waals surface area contributed by atoms with Crippen molar-refractivity contribution in [3.05, 3.63) is 23.0 Å². The molecule has 17 heavy (non-hydrogen) atoms. The maximum Gasteiger partial charge on any atom is 0.0943 e. The van der Waals surface area contributed by atoms with Gasteiger partial charge in [0.1, 0.15) is 0 Å². The third kappa shape index (κ3) is 2.72. The summed E-state index contributed by atoms with van der Waals surface area (Å²) in [5.41, 5.74) is 3.40. The first-order chi connectivity index (χ1) is 8.11. The molecule has 1 aromatic heterocycles. The number of nitrogens with one attached hydrogen (secondary N) is 1. The molecule has 2 rings (SSSR count). The summed E-state index contributed by atoms with van der Waals surface area (Å²) in [5.74, 6) is 0.615. The number of hydrogen-bond acceptors (Lipinski definition) is 2. The number of hydrogen-bond donors (Lipinski definition) is 2. The highest BCUT2D eigenvalue weighted by atomic mass is 16.5. The molecule has 0 aliphatic heterocycles. The Morgan fingerprint density at radius 1 is 1.47 bits per heavy atom. The second-order valence-electron chi connectivity index (χ2n) is 5.18. The number of aromatic nitrogens is 1. The molecule has 1 aliphatic carbocycles. The van der Waals surface area contributed by atoms with Crippen LogP contribution in [-0.4, -0.2) is 22.8 Å². The van der Waals surface area contributed by atoms with Gasteiger partial charge in [0, 0.05) is 18.5 Å². The van der Waals surface area contributed by atoms with Gasteiger partial charge in [0.2, 0.25) is 0 Å². The summed E-state index contributed by atoms with van der Waals surface area (Å²) in [4.78, 5) is 3.18. The molecule has 1 fully saturated rings. The van der Waals surface area contributed by atoms with E-state index in [1.54, 1.807) is 0 Å². The quantitative estimate of drug-likeness (QED) is 0.827. The van der Waals surface area contributed by atoms with Crippen molar-refractivity contribution in [2.24, 2.45) is 5.92 Å². The fourth-order valence-corrected chi connectivity index (χ4v) is 2.63. The van der Waals surface area contributed by atoms with Crippen LogP contribution in [0, 0.1) is 19.8 Å². The minimum atomic E-state index is -0.351. The van der Waals surface area contributed by atoms with Gasteiger partial charge in [-0.15, -0.1) is 0 Å². The predicted molar refractivity (Wildman–Crippen MR) is 68.0 cm³/mol. The van der Waals surface area contributed by atoms with Crippen molar-refractivity contribution in [1.29, 1.82) is 0 Å². The lowest BCUT2D eigenvalue weighted by Crippen LogP contribution is -2.32. The van der Waals surface area contributed by atoms with E-state index in [9.17, 15) is 5.11 Å². The molecule has 1 aromatic rings. The number of aromatic amines is 1. The van der Waals surface area contributed by atoms with E-state index in [4.69, 9.17) is 4.74 Å². The zero-order valence-corrected chi connectivity index (χ0v) is 11.0. The van der Waals surface area contributed by atoms with Gasteiger partial charge in [0.15, 0.2) is 0 Å². The van der Waals surface area contributed by atoms with Crippen LogP contribution in [-0.2, 0) is 4.74 Å². The highest BCUT2D eigenvalue weighted by Crippen LogP contribution is 2.37. The molecular formula is C14H23NO2. The summed E-state index contributed by atoms with van der Waals surface area (Å²) < 4.78 is 5.53. The molecule has 0 saturated heterocycles. The van der Waals surface area contributed by atoms with Crippen LogP contribution in [0.15, 0.2) is 6.20 Å². The van der Waals surface area contributed by atoms with Crippen LogP contribution < -0.4 is 0 Å². The minimum absolute atomic E-state index is 0.351. The Balaban J connectivity index is 1.83. The Hall–Kier alpha value is -0.800. The predicted octanol–water partition coefficient (Wildman–Crippen LogP) is 2.87. The number of aryl methyl sites for hydroxylation is 1. The Labute approximate surface area is 103 Å². The molecule has 0 amide bonds. The van der Waals surface area contributed by atoms with Gasteiger partial charge in [0.25, 0.3) is 0 Å². The third-order valence-electron chi connectivity index (χ3n) is 3.92. The topological polar surface area (TPSA) is 45.2 Å². The van der Waals surface area contributed by atoms with Crippen molar-refractivity contribution in [2.75, 3.05) is 6.61 Å². The fourth-order valence-electron chi connectivity index (χ4n) is 2.63. The molecule has 96 valence electrons. The Morgan fingerprint density at radius 2 is 2.18 bits per heavy atom. The van der Waals surface area contributed by atoms with Crippen LogP contribution in [0.5, 0.6) is 0 Å². The molecular weight excluding hydrogens is 214 g/mol. The van der Waals surface area contributed by atoms with E-state index in [-0.39, 0.29) is 6.10 Å². The molecule has 3 nitrogen and oxygen atoms in total. The average molecular weight is 237 g/mol. The third-order valence-corrected chi connectivity index (χ3v) is 3.92. The van der Waals surface area contributed by atoms with E-state index in [1.165, 1.54) is 11.1 Å². The molecule has 0 spiro atoms. The summed E-state index contributed by atoms with van der Waals surface area (Å²) >= 11 is 0. The lowest BCUT2D eigenvalue weighted by Gasteiger charge is -2.36. The van der Waals surface area contributed by atoms with Crippen molar-refractivity contribution in [1.82, 2.24) is 4.98 Å². The molecule has 1 heterocycles. The van der Waals surface area contributed by atoms with E-state index in [0.29, 0.717) is 12.0 Å². The maximum absolute atomic E-state index is 10.2. The summed E-state index contributed by atoms with van der Waals surface area (Å²) in [6.07, 6.45) is 5.11. The van der Waals surface area contributed by atoms with Crippen LogP contribution in [0.1, 0.15) is 49.1 Å².